The highest BCUT2D eigenvalue weighted by atomic mass is 16.5. The average molecular weight is 468 g/mol. The second kappa shape index (κ2) is 8.68. The number of nitrogens with zero attached hydrogens (tertiary/aromatic N) is 6. The third kappa shape index (κ3) is 4.23. The third-order valence-corrected chi connectivity index (χ3v) is 5.92. The summed E-state index contributed by atoms with van der Waals surface area (Å²) < 4.78 is 9.57. The molecule has 1 N–H and O–H groups in total. The lowest BCUT2D eigenvalue weighted by Crippen LogP contribution is -2.15. The van der Waals surface area contributed by atoms with Gasteiger partial charge in [0, 0.05) is 23.6 Å². The quantitative estimate of drug-likeness (QED) is 0.395. The molecule has 1 amide bonds. The van der Waals surface area contributed by atoms with Crippen molar-refractivity contribution in [2.24, 2.45) is 0 Å². The molecule has 0 saturated heterocycles. The highest BCUT2D eigenvalue weighted by Crippen LogP contribution is 2.25. The van der Waals surface area contributed by atoms with Gasteiger partial charge in [0.1, 0.15) is 22.9 Å². The smallest absolute Gasteiger partial charge is 0.274 e. The molecule has 1 aromatic carbocycles. The first-order valence-corrected chi connectivity index (χ1v) is 11.2. The van der Waals surface area contributed by atoms with Crippen LogP contribution in [-0.2, 0) is 0 Å². The molecule has 0 bridgehead atoms. The summed E-state index contributed by atoms with van der Waals surface area (Å²) in [5.41, 5.74) is 5.65. The van der Waals surface area contributed by atoms with Crippen molar-refractivity contribution in [2.75, 3.05) is 5.32 Å². The first-order chi connectivity index (χ1) is 16.8. The molecular weight excluding hydrogens is 442 g/mol. The van der Waals surface area contributed by atoms with E-state index in [2.05, 4.69) is 25.4 Å². The number of rotatable bonds is 5. The van der Waals surface area contributed by atoms with Crippen molar-refractivity contribution in [3.8, 4) is 17.4 Å². The van der Waals surface area contributed by atoms with Crippen molar-refractivity contribution in [1.82, 2.24) is 29.1 Å². The maximum atomic E-state index is 12.9. The molecule has 4 aromatic heterocycles. The van der Waals surface area contributed by atoms with E-state index < -0.39 is 0 Å². The van der Waals surface area contributed by atoms with E-state index in [9.17, 15) is 4.79 Å². The number of pyridine rings is 1. The summed E-state index contributed by atoms with van der Waals surface area (Å²) in [5, 5.41) is 7.51. The molecular formula is C26H25N7O2. The molecule has 0 radical (unpaired) electrons. The third-order valence-electron chi connectivity index (χ3n) is 5.92. The number of anilines is 1. The van der Waals surface area contributed by atoms with E-state index in [0.29, 0.717) is 40.3 Å². The topological polar surface area (TPSA) is 99.2 Å². The lowest BCUT2D eigenvalue weighted by atomic mass is 10.2. The van der Waals surface area contributed by atoms with E-state index in [-0.39, 0.29) is 5.91 Å². The van der Waals surface area contributed by atoms with Crippen LogP contribution >= 0.6 is 0 Å². The van der Waals surface area contributed by atoms with Crippen LogP contribution in [0.2, 0.25) is 0 Å². The van der Waals surface area contributed by atoms with Crippen LogP contribution in [0, 0.1) is 34.6 Å². The second-order valence-electron chi connectivity index (χ2n) is 8.37. The standard InChI is InChI=1S/C26H25N7O2/c1-15-16(2)31-33(18(15)4)23-14-24(29-19(5)28-23)35-21-11-9-20(10-12-21)30-26(34)25-17(3)27-22-8-6-7-13-32(22)25/h6-14H,1-5H3,(H,30,34). The normalized spacial score (nSPS) is 11.1. The molecule has 0 unspecified atom stereocenters. The van der Waals surface area contributed by atoms with E-state index in [4.69, 9.17) is 4.74 Å². The van der Waals surface area contributed by atoms with E-state index >= 15 is 0 Å². The Morgan fingerprint density at radius 2 is 1.69 bits per heavy atom. The molecule has 9 heteroatoms. The number of aromatic nitrogens is 6. The van der Waals surface area contributed by atoms with Gasteiger partial charge in [-0.2, -0.15) is 10.1 Å². The molecule has 0 saturated carbocycles. The van der Waals surface area contributed by atoms with Crippen LogP contribution in [0.5, 0.6) is 11.6 Å². The number of fused-ring (bicyclic) bond motifs is 1. The van der Waals surface area contributed by atoms with Crippen molar-refractivity contribution in [3.63, 3.8) is 0 Å². The lowest BCUT2D eigenvalue weighted by molar-refractivity contribution is 0.102. The van der Waals surface area contributed by atoms with Crippen LogP contribution in [-0.4, -0.2) is 35.0 Å². The lowest BCUT2D eigenvalue weighted by Gasteiger charge is -2.10. The van der Waals surface area contributed by atoms with Gasteiger partial charge in [0.15, 0.2) is 5.82 Å². The summed E-state index contributed by atoms with van der Waals surface area (Å²) in [5.74, 6) is 1.99. The van der Waals surface area contributed by atoms with Gasteiger partial charge in [-0.15, -0.1) is 0 Å². The summed E-state index contributed by atoms with van der Waals surface area (Å²) in [7, 11) is 0. The van der Waals surface area contributed by atoms with Gasteiger partial charge in [-0.3, -0.25) is 9.20 Å². The number of imidazole rings is 1. The number of aryl methyl sites for hydroxylation is 3. The average Bonchev–Trinajstić information content (AvgIpc) is 3.30. The van der Waals surface area contributed by atoms with Crippen LogP contribution in [0.1, 0.15) is 39.0 Å². The first-order valence-electron chi connectivity index (χ1n) is 11.2. The summed E-state index contributed by atoms with van der Waals surface area (Å²) in [6.07, 6.45) is 1.83. The Labute approximate surface area is 202 Å². The number of ether oxygens (including phenoxy) is 1. The number of carbonyl (C=O) groups is 1. The largest absolute Gasteiger partial charge is 0.439 e. The van der Waals surface area contributed by atoms with Crippen molar-refractivity contribution in [2.45, 2.75) is 34.6 Å². The van der Waals surface area contributed by atoms with Gasteiger partial charge < -0.3 is 10.1 Å². The van der Waals surface area contributed by atoms with Crippen LogP contribution < -0.4 is 10.1 Å². The van der Waals surface area contributed by atoms with Gasteiger partial charge in [-0.05, 0) is 76.6 Å². The Kier molecular flexibility index (Phi) is 5.52. The number of hydrogen-bond donors (Lipinski definition) is 1. The predicted molar refractivity (Wildman–Crippen MR) is 133 cm³/mol. The van der Waals surface area contributed by atoms with Gasteiger partial charge in [-0.25, -0.2) is 14.6 Å². The Morgan fingerprint density at radius 3 is 2.40 bits per heavy atom. The van der Waals surface area contributed by atoms with E-state index in [0.717, 1.165) is 22.6 Å². The highest BCUT2D eigenvalue weighted by Gasteiger charge is 2.17. The number of carbonyl (C=O) groups excluding carboxylic acids is 1. The van der Waals surface area contributed by atoms with Crippen molar-refractivity contribution >= 4 is 17.2 Å². The molecule has 4 heterocycles. The summed E-state index contributed by atoms with van der Waals surface area (Å²) in [6, 6.07) is 14.5. The zero-order valence-electron chi connectivity index (χ0n) is 20.2. The fourth-order valence-corrected chi connectivity index (χ4v) is 3.93. The van der Waals surface area contributed by atoms with Crippen LogP contribution in [0.4, 0.5) is 5.69 Å². The maximum Gasteiger partial charge on any atom is 0.274 e. The van der Waals surface area contributed by atoms with Crippen LogP contribution in [0.3, 0.4) is 0 Å². The zero-order chi connectivity index (χ0) is 24.7. The number of amides is 1. The summed E-state index contributed by atoms with van der Waals surface area (Å²) in [4.78, 5) is 26.3. The molecule has 5 rings (SSSR count). The molecule has 5 aromatic rings. The SMILES string of the molecule is Cc1nc(Oc2ccc(NC(=O)c3c(C)nc4ccccn34)cc2)cc(-n2nc(C)c(C)c2C)n1. The van der Waals surface area contributed by atoms with Crippen molar-refractivity contribution < 1.29 is 9.53 Å². The number of benzene rings is 1. The predicted octanol–water partition coefficient (Wildman–Crippen LogP) is 4.90. The Bertz CT molecular complexity index is 1570. The number of nitrogens with one attached hydrogen (secondary N) is 1. The molecule has 0 fully saturated rings. The Hall–Kier alpha value is -4.53. The van der Waals surface area contributed by atoms with E-state index in [1.807, 2.05) is 59.0 Å². The first kappa shape index (κ1) is 22.3. The molecule has 0 aliphatic carbocycles. The minimum absolute atomic E-state index is 0.230. The summed E-state index contributed by atoms with van der Waals surface area (Å²) >= 11 is 0. The van der Waals surface area contributed by atoms with Crippen LogP contribution in [0.15, 0.2) is 54.7 Å². The molecule has 9 nitrogen and oxygen atoms in total. The molecule has 176 valence electrons. The molecule has 0 spiro atoms. The Balaban J connectivity index is 1.34. The van der Waals surface area contributed by atoms with Crippen molar-refractivity contribution in [1.29, 1.82) is 0 Å². The minimum atomic E-state index is -0.230. The molecule has 0 aliphatic heterocycles. The minimum Gasteiger partial charge on any atom is -0.439 e. The Morgan fingerprint density at radius 1 is 0.914 bits per heavy atom. The van der Waals surface area contributed by atoms with Gasteiger partial charge in [0.25, 0.3) is 5.91 Å². The molecule has 0 aliphatic rings. The van der Waals surface area contributed by atoms with Crippen molar-refractivity contribution in [3.05, 3.63) is 88.9 Å². The number of hydrogen-bond acceptors (Lipinski definition) is 6. The van der Waals surface area contributed by atoms with E-state index in [1.165, 1.54) is 0 Å². The highest BCUT2D eigenvalue weighted by molar-refractivity contribution is 6.04. The fourth-order valence-electron chi connectivity index (χ4n) is 3.93. The summed E-state index contributed by atoms with van der Waals surface area (Å²) in [6.45, 7) is 9.66. The van der Waals surface area contributed by atoms with Gasteiger partial charge in [-0.1, -0.05) is 6.07 Å². The van der Waals surface area contributed by atoms with Gasteiger partial charge in [0.2, 0.25) is 5.88 Å². The zero-order valence-corrected chi connectivity index (χ0v) is 20.2. The molecule has 0 atom stereocenters. The fraction of sp³-hybridized carbons (Fsp3) is 0.192. The second-order valence-corrected chi connectivity index (χ2v) is 8.37. The van der Waals surface area contributed by atoms with Crippen LogP contribution in [0.25, 0.3) is 11.5 Å². The molecule has 35 heavy (non-hydrogen) atoms. The maximum absolute atomic E-state index is 12.9. The van der Waals surface area contributed by atoms with Gasteiger partial charge >= 0.3 is 0 Å². The monoisotopic (exact) mass is 467 g/mol. The van der Waals surface area contributed by atoms with Gasteiger partial charge in [0.05, 0.1) is 11.4 Å². The van der Waals surface area contributed by atoms with E-state index in [1.54, 1.807) is 39.4 Å².